The summed E-state index contributed by atoms with van der Waals surface area (Å²) in [5.74, 6) is 1.40. The molecule has 0 radical (unpaired) electrons. The summed E-state index contributed by atoms with van der Waals surface area (Å²) in [6, 6.07) is 4.23. The number of halogens is 3. The third-order valence-corrected chi connectivity index (χ3v) is 5.10. The molecule has 3 atom stereocenters. The first-order valence-electron chi connectivity index (χ1n) is 6.40. The molecule has 1 fully saturated rings. The molecule has 4 heteroatoms. The Morgan fingerprint density at radius 3 is 2.39 bits per heavy atom. The molecule has 0 aliphatic heterocycles. The van der Waals surface area contributed by atoms with E-state index in [-0.39, 0.29) is 0 Å². The van der Waals surface area contributed by atoms with Crippen LogP contribution in [0.3, 0.4) is 0 Å². The van der Waals surface area contributed by atoms with Crippen molar-refractivity contribution in [2.24, 2.45) is 11.8 Å². The van der Waals surface area contributed by atoms with Crippen LogP contribution < -0.4 is 5.32 Å². The second-order valence-electron chi connectivity index (χ2n) is 5.26. The lowest BCUT2D eigenvalue weighted by Gasteiger charge is -2.35. The maximum absolute atomic E-state index is 6.26. The first-order valence-corrected chi connectivity index (χ1v) is 7.95. The molecule has 0 spiro atoms. The van der Waals surface area contributed by atoms with Crippen LogP contribution >= 0.6 is 39.1 Å². The molecule has 1 nitrogen and oxygen atoms in total. The lowest BCUT2D eigenvalue weighted by atomic mass is 9.78. The van der Waals surface area contributed by atoms with Crippen LogP contribution in [0.1, 0.15) is 33.1 Å². The fourth-order valence-electron chi connectivity index (χ4n) is 2.65. The van der Waals surface area contributed by atoms with E-state index in [2.05, 4.69) is 35.1 Å². The van der Waals surface area contributed by atoms with Gasteiger partial charge in [0.25, 0.3) is 0 Å². The first kappa shape index (κ1) is 14.5. The van der Waals surface area contributed by atoms with Gasteiger partial charge in [-0.1, -0.05) is 65.8 Å². The van der Waals surface area contributed by atoms with Gasteiger partial charge in [0.1, 0.15) is 0 Å². The molecule has 3 unspecified atom stereocenters. The summed E-state index contributed by atoms with van der Waals surface area (Å²) in [5, 5.41) is 4.90. The summed E-state index contributed by atoms with van der Waals surface area (Å²) < 4.78 is 0.910. The van der Waals surface area contributed by atoms with Crippen molar-refractivity contribution in [3.05, 3.63) is 26.7 Å². The summed E-state index contributed by atoms with van der Waals surface area (Å²) >= 11 is 15.9. The fraction of sp³-hybridized carbons (Fsp3) is 0.571. The van der Waals surface area contributed by atoms with E-state index in [1.165, 1.54) is 19.3 Å². The van der Waals surface area contributed by atoms with Gasteiger partial charge in [-0.15, -0.1) is 0 Å². The van der Waals surface area contributed by atoms with E-state index < -0.39 is 0 Å². The molecule has 100 valence electrons. The largest absolute Gasteiger partial charge is 0.380 e. The standard InChI is InChI=1S/C14H18BrCl2N/c1-8-4-3-5-13(9(8)2)18-14-11(16)6-10(15)7-12(14)17/h6-9,13,18H,3-5H2,1-2H3. The van der Waals surface area contributed by atoms with E-state index in [0.29, 0.717) is 22.0 Å². The monoisotopic (exact) mass is 349 g/mol. The van der Waals surface area contributed by atoms with Gasteiger partial charge in [-0.2, -0.15) is 0 Å². The quantitative estimate of drug-likeness (QED) is 0.690. The molecular weight excluding hydrogens is 333 g/mol. The van der Waals surface area contributed by atoms with Crippen LogP contribution in [0.25, 0.3) is 0 Å². The van der Waals surface area contributed by atoms with Gasteiger partial charge in [-0.25, -0.2) is 0 Å². The van der Waals surface area contributed by atoms with Crippen molar-refractivity contribution in [3.63, 3.8) is 0 Å². The van der Waals surface area contributed by atoms with E-state index >= 15 is 0 Å². The Balaban J connectivity index is 2.18. The molecule has 0 saturated heterocycles. The predicted octanol–water partition coefficient (Wildman–Crippen LogP) is 5.99. The smallest absolute Gasteiger partial charge is 0.0722 e. The minimum Gasteiger partial charge on any atom is -0.380 e. The van der Waals surface area contributed by atoms with E-state index in [1.54, 1.807) is 0 Å². The van der Waals surface area contributed by atoms with Crippen molar-refractivity contribution >= 4 is 44.8 Å². The molecule has 0 aromatic heterocycles. The van der Waals surface area contributed by atoms with E-state index in [0.717, 1.165) is 16.1 Å². The molecule has 1 aromatic carbocycles. The molecule has 1 aliphatic rings. The number of hydrogen-bond donors (Lipinski definition) is 1. The highest BCUT2D eigenvalue weighted by atomic mass is 79.9. The summed E-state index contributed by atoms with van der Waals surface area (Å²) in [4.78, 5) is 0. The highest BCUT2D eigenvalue weighted by molar-refractivity contribution is 9.10. The van der Waals surface area contributed by atoms with Crippen LogP contribution in [0.15, 0.2) is 16.6 Å². The number of nitrogens with one attached hydrogen (secondary N) is 1. The van der Waals surface area contributed by atoms with Gasteiger partial charge in [-0.3, -0.25) is 0 Å². The van der Waals surface area contributed by atoms with Crippen molar-refractivity contribution in [2.45, 2.75) is 39.2 Å². The normalized spacial score (nSPS) is 28.2. The van der Waals surface area contributed by atoms with E-state index in [1.807, 2.05) is 12.1 Å². The van der Waals surface area contributed by atoms with Crippen molar-refractivity contribution in [1.82, 2.24) is 0 Å². The Morgan fingerprint density at radius 1 is 1.17 bits per heavy atom. The molecule has 2 rings (SSSR count). The van der Waals surface area contributed by atoms with Crippen LogP contribution in [0, 0.1) is 11.8 Å². The zero-order valence-corrected chi connectivity index (χ0v) is 13.7. The number of rotatable bonds is 2. The third kappa shape index (κ3) is 3.15. The Labute approximate surface area is 127 Å². The molecule has 1 aromatic rings. The second-order valence-corrected chi connectivity index (χ2v) is 6.99. The number of anilines is 1. The molecule has 18 heavy (non-hydrogen) atoms. The topological polar surface area (TPSA) is 12.0 Å². The molecule has 0 heterocycles. The maximum atomic E-state index is 6.26. The van der Waals surface area contributed by atoms with Crippen molar-refractivity contribution in [3.8, 4) is 0 Å². The van der Waals surface area contributed by atoms with Crippen LogP contribution in [-0.2, 0) is 0 Å². The van der Waals surface area contributed by atoms with E-state index in [4.69, 9.17) is 23.2 Å². The predicted molar refractivity (Wildman–Crippen MR) is 83.8 cm³/mol. The van der Waals surface area contributed by atoms with Gasteiger partial charge in [0.05, 0.1) is 15.7 Å². The minimum atomic E-state index is 0.463. The van der Waals surface area contributed by atoms with Crippen LogP contribution in [0.2, 0.25) is 10.0 Å². The molecule has 0 bridgehead atoms. The SMILES string of the molecule is CC1CCCC(Nc2c(Cl)cc(Br)cc2Cl)C1C. The average molecular weight is 351 g/mol. The Hall–Kier alpha value is 0.0800. The van der Waals surface area contributed by atoms with Crippen LogP contribution in [0.4, 0.5) is 5.69 Å². The third-order valence-electron chi connectivity index (χ3n) is 4.04. The molecule has 1 aliphatic carbocycles. The number of hydrogen-bond acceptors (Lipinski definition) is 1. The summed E-state index contributed by atoms with van der Waals surface area (Å²) in [5.41, 5.74) is 0.868. The summed E-state index contributed by atoms with van der Waals surface area (Å²) in [7, 11) is 0. The Bertz CT molecular complexity index is 413. The first-order chi connectivity index (χ1) is 8.49. The lowest BCUT2D eigenvalue weighted by molar-refractivity contribution is 0.253. The summed E-state index contributed by atoms with van der Waals surface area (Å²) in [6.07, 6.45) is 3.78. The molecule has 0 amide bonds. The van der Waals surface area contributed by atoms with Gasteiger partial charge in [0.2, 0.25) is 0 Å². The highest BCUT2D eigenvalue weighted by Crippen LogP contribution is 2.38. The second kappa shape index (κ2) is 6.02. The highest BCUT2D eigenvalue weighted by Gasteiger charge is 2.27. The van der Waals surface area contributed by atoms with Gasteiger partial charge >= 0.3 is 0 Å². The van der Waals surface area contributed by atoms with Gasteiger partial charge in [0.15, 0.2) is 0 Å². The maximum Gasteiger partial charge on any atom is 0.0722 e. The van der Waals surface area contributed by atoms with Gasteiger partial charge < -0.3 is 5.32 Å². The van der Waals surface area contributed by atoms with Crippen molar-refractivity contribution in [1.29, 1.82) is 0 Å². The van der Waals surface area contributed by atoms with Crippen molar-refractivity contribution < 1.29 is 0 Å². The number of benzene rings is 1. The van der Waals surface area contributed by atoms with E-state index in [9.17, 15) is 0 Å². The zero-order valence-electron chi connectivity index (χ0n) is 10.6. The van der Waals surface area contributed by atoms with Gasteiger partial charge in [-0.05, 0) is 30.4 Å². The lowest BCUT2D eigenvalue weighted by Crippen LogP contribution is -2.35. The average Bonchev–Trinajstić information content (AvgIpc) is 2.28. The summed E-state index contributed by atoms with van der Waals surface area (Å²) in [6.45, 7) is 4.63. The van der Waals surface area contributed by atoms with Gasteiger partial charge in [0, 0.05) is 10.5 Å². The fourth-order valence-corrected chi connectivity index (χ4v) is 3.97. The van der Waals surface area contributed by atoms with Crippen LogP contribution in [-0.4, -0.2) is 6.04 Å². The van der Waals surface area contributed by atoms with Crippen LogP contribution in [0.5, 0.6) is 0 Å². The molecular formula is C14H18BrCl2N. The molecule has 1 saturated carbocycles. The Morgan fingerprint density at radius 2 is 1.78 bits per heavy atom. The minimum absolute atomic E-state index is 0.463. The van der Waals surface area contributed by atoms with Crippen molar-refractivity contribution in [2.75, 3.05) is 5.32 Å². The zero-order chi connectivity index (χ0) is 13.3. The molecule has 1 N–H and O–H groups in total. The Kier molecular flexibility index (Phi) is 4.85.